The summed E-state index contributed by atoms with van der Waals surface area (Å²) < 4.78 is 0. The molecule has 1 aliphatic heterocycles. The van der Waals surface area contributed by atoms with Crippen molar-refractivity contribution < 1.29 is 4.79 Å². The van der Waals surface area contributed by atoms with E-state index in [9.17, 15) is 4.79 Å². The van der Waals surface area contributed by atoms with Crippen LogP contribution in [0.4, 0.5) is 5.69 Å². The molecule has 0 aliphatic carbocycles. The summed E-state index contributed by atoms with van der Waals surface area (Å²) in [5.41, 5.74) is 7.73. The highest BCUT2D eigenvalue weighted by Gasteiger charge is 2.13. The number of carbonyl (C=O) groups excluding carboxylic acids is 1. The molecule has 1 aromatic heterocycles. The quantitative estimate of drug-likeness (QED) is 0.650. The van der Waals surface area contributed by atoms with Gasteiger partial charge >= 0.3 is 0 Å². The maximum atomic E-state index is 10.9. The third-order valence-corrected chi connectivity index (χ3v) is 2.00. The van der Waals surface area contributed by atoms with Crippen LogP contribution in [0.2, 0.25) is 0 Å². The summed E-state index contributed by atoms with van der Waals surface area (Å²) in [6, 6.07) is 1.86. The molecule has 0 saturated carbocycles. The van der Waals surface area contributed by atoms with Gasteiger partial charge in [0.15, 0.2) is 0 Å². The van der Waals surface area contributed by atoms with Gasteiger partial charge in [-0.2, -0.15) is 0 Å². The molecule has 0 fully saturated rings. The maximum Gasteiger partial charge on any atom is 0.246 e. The van der Waals surface area contributed by atoms with Gasteiger partial charge in [0.1, 0.15) is 0 Å². The number of nitrogens with two attached hydrogens (primary N) is 1. The lowest BCUT2D eigenvalue weighted by Gasteiger charge is -2.15. The predicted octanol–water partition coefficient (Wildman–Crippen LogP) is 0.419. The number of fused-ring (bicyclic) bond motifs is 1. The number of aromatic nitrogens is 1. The Morgan fingerprint density at radius 3 is 3.23 bits per heavy atom. The van der Waals surface area contributed by atoms with Crippen LogP contribution >= 0.6 is 0 Å². The summed E-state index contributed by atoms with van der Waals surface area (Å²) in [5.74, 6) is -0.387. The summed E-state index contributed by atoms with van der Waals surface area (Å²) >= 11 is 0. The Morgan fingerprint density at radius 1 is 1.62 bits per heavy atom. The van der Waals surface area contributed by atoms with Crippen molar-refractivity contribution in [1.82, 2.24) is 4.98 Å². The van der Waals surface area contributed by atoms with Gasteiger partial charge in [0.25, 0.3) is 0 Å². The first-order chi connectivity index (χ1) is 6.27. The number of nitrogens with zero attached hydrogens (tertiary/aromatic N) is 1. The number of amides is 1. The number of anilines is 1. The second-order valence-electron chi connectivity index (χ2n) is 2.89. The van der Waals surface area contributed by atoms with Crippen LogP contribution in [0.3, 0.4) is 0 Å². The Balaban J connectivity index is 2.33. The van der Waals surface area contributed by atoms with E-state index in [0.29, 0.717) is 12.0 Å². The van der Waals surface area contributed by atoms with Gasteiger partial charge in [-0.15, -0.1) is 0 Å². The van der Waals surface area contributed by atoms with Crippen LogP contribution in [0, 0.1) is 0 Å². The average molecular weight is 175 g/mol. The third kappa shape index (κ3) is 1.38. The highest BCUT2D eigenvalue weighted by Crippen LogP contribution is 2.21. The molecule has 0 aromatic carbocycles. The molecule has 2 rings (SSSR count). The second-order valence-corrected chi connectivity index (χ2v) is 2.89. The summed E-state index contributed by atoms with van der Waals surface area (Å²) in [7, 11) is 0. The van der Waals surface area contributed by atoms with Crippen molar-refractivity contribution in [3.63, 3.8) is 0 Å². The van der Waals surface area contributed by atoms with E-state index in [4.69, 9.17) is 5.73 Å². The standard InChI is InChI=1S/C9H9N3O/c10-9(13)7-3-6-4-11-2-1-8(6)12-5-7/h1-2,4-5,12H,3H2,(H2,10,13). The van der Waals surface area contributed by atoms with Crippen molar-refractivity contribution in [1.29, 1.82) is 0 Å². The number of carbonyl (C=O) groups is 1. The minimum Gasteiger partial charge on any atom is -0.366 e. The number of hydrogen-bond acceptors (Lipinski definition) is 3. The molecule has 4 nitrogen and oxygen atoms in total. The van der Waals surface area contributed by atoms with Gasteiger partial charge in [-0.05, 0) is 11.6 Å². The molecule has 2 heterocycles. The first-order valence-corrected chi connectivity index (χ1v) is 3.95. The number of nitrogens with one attached hydrogen (secondary N) is 1. The van der Waals surface area contributed by atoms with E-state index in [2.05, 4.69) is 10.3 Å². The van der Waals surface area contributed by atoms with Crippen LogP contribution in [0.25, 0.3) is 0 Å². The Bertz CT molecular complexity index is 384. The van der Waals surface area contributed by atoms with E-state index < -0.39 is 0 Å². The fourth-order valence-corrected chi connectivity index (χ4v) is 1.29. The number of primary amides is 1. The largest absolute Gasteiger partial charge is 0.366 e. The van der Waals surface area contributed by atoms with Crippen molar-refractivity contribution in [3.8, 4) is 0 Å². The van der Waals surface area contributed by atoms with Crippen molar-refractivity contribution in [2.45, 2.75) is 6.42 Å². The predicted molar refractivity (Wildman–Crippen MR) is 48.8 cm³/mol. The fourth-order valence-electron chi connectivity index (χ4n) is 1.29. The van der Waals surface area contributed by atoms with Crippen LogP contribution in [0.5, 0.6) is 0 Å². The number of pyridine rings is 1. The number of rotatable bonds is 1. The van der Waals surface area contributed by atoms with Crippen LogP contribution < -0.4 is 11.1 Å². The van der Waals surface area contributed by atoms with Gasteiger partial charge in [0.05, 0.1) is 0 Å². The zero-order valence-electron chi connectivity index (χ0n) is 6.95. The highest BCUT2D eigenvalue weighted by atomic mass is 16.1. The molecule has 0 unspecified atom stereocenters. The third-order valence-electron chi connectivity index (χ3n) is 2.00. The van der Waals surface area contributed by atoms with E-state index in [0.717, 1.165) is 11.3 Å². The molecule has 13 heavy (non-hydrogen) atoms. The summed E-state index contributed by atoms with van der Waals surface area (Å²) in [4.78, 5) is 14.8. The normalized spacial score (nSPS) is 14.0. The van der Waals surface area contributed by atoms with Crippen LogP contribution in [-0.4, -0.2) is 10.9 Å². The molecule has 0 saturated heterocycles. The van der Waals surface area contributed by atoms with Crippen molar-refractivity contribution >= 4 is 11.6 Å². The molecule has 1 aromatic rings. The van der Waals surface area contributed by atoms with E-state index in [1.165, 1.54) is 0 Å². The Hall–Kier alpha value is -1.84. The Morgan fingerprint density at radius 2 is 2.46 bits per heavy atom. The molecule has 0 bridgehead atoms. The molecular weight excluding hydrogens is 166 g/mol. The molecule has 66 valence electrons. The Labute approximate surface area is 75.5 Å². The SMILES string of the molecule is NC(=O)C1=CNc2ccncc2C1. The summed E-state index contributed by atoms with van der Waals surface area (Å²) in [5, 5.41) is 2.99. The lowest BCUT2D eigenvalue weighted by atomic mass is 10.0. The van der Waals surface area contributed by atoms with E-state index >= 15 is 0 Å². The summed E-state index contributed by atoms with van der Waals surface area (Å²) in [6.07, 6.45) is 5.64. The van der Waals surface area contributed by atoms with Crippen LogP contribution in [0.1, 0.15) is 5.56 Å². The van der Waals surface area contributed by atoms with Crippen molar-refractivity contribution in [2.75, 3.05) is 5.32 Å². The molecule has 0 spiro atoms. The van der Waals surface area contributed by atoms with Crippen molar-refractivity contribution in [2.24, 2.45) is 5.73 Å². The minimum atomic E-state index is -0.387. The summed E-state index contributed by atoms with van der Waals surface area (Å²) in [6.45, 7) is 0. The van der Waals surface area contributed by atoms with E-state index in [1.54, 1.807) is 18.6 Å². The average Bonchev–Trinajstić information content (AvgIpc) is 2.17. The molecule has 3 N–H and O–H groups in total. The lowest BCUT2D eigenvalue weighted by Crippen LogP contribution is -2.19. The van der Waals surface area contributed by atoms with Gasteiger partial charge in [0.2, 0.25) is 5.91 Å². The Kier molecular flexibility index (Phi) is 1.73. The monoisotopic (exact) mass is 175 g/mol. The van der Waals surface area contributed by atoms with Gasteiger partial charge in [-0.25, -0.2) is 0 Å². The molecule has 4 heteroatoms. The minimum absolute atomic E-state index is 0.387. The first-order valence-electron chi connectivity index (χ1n) is 3.95. The zero-order valence-corrected chi connectivity index (χ0v) is 6.95. The lowest BCUT2D eigenvalue weighted by molar-refractivity contribution is -0.114. The first kappa shape index (κ1) is 7.79. The maximum absolute atomic E-state index is 10.9. The highest BCUT2D eigenvalue weighted by molar-refractivity contribution is 5.93. The van der Waals surface area contributed by atoms with E-state index in [1.807, 2.05) is 6.07 Å². The topological polar surface area (TPSA) is 68.0 Å². The van der Waals surface area contributed by atoms with Gasteiger partial charge in [-0.1, -0.05) is 0 Å². The second kappa shape index (κ2) is 2.90. The van der Waals surface area contributed by atoms with E-state index in [-0.39, 0.29) is 5.91 Å². The molecule has 0 radical (unpaired) electrons. The van der Waals surface area contributed by atoms with Gasteiger partial charge < -0.3 is 11.1 Å². The van der Waals surface area contributed by atoms with Gasteiger partial charge in [0, 0.05) is 36.3 Å². The number of hydrogen-bond donors (Lipinski definition) is 2. The molecule has 1 aliphatic rings. The molecule has 0 atom stereocenters. The van der Waals surface area contributed by atoms with Crippen LogP contribution in [-0.2, 0) is 11.2 Å². The molecular formula is C9H9N3O. The molecule has 1 amide bonds. The zero-order chi connectivity index (χ0) is 9.26. The fraction of sp³-hybridized carbons (Fsp3) is 0.111. The van der Waals surface area contributed by atoms with Crippen LogP contribution in [0.15, 0.2) is 30.2 Å². The smallest absolute Gasteiger partial charge is 0.246 e. The van der Waals surface area contributed by atoms with Gasteiger partial charge in [-0.3, -0.25) is 9.78 Å². The van der Waals surface area contributed by atoms with Crippen molar-refractivity contribution in [3.05, 3.63) is 35.8 Å².